The molecule has 1 fully saturated rings. The average Bonchev–Trinajstić information content (AvgIpc) is 3.12. The summed E-state index contributed by atoms with van der Waals surface area (Å²) >= 11 is 0. The molecule has 0 atom stereocenters. The monoisotopic (exact) mass is 276 g/mol. The molecule has 1 aliphatic rings. The molecular weight excluding hydrogens is 256 g/mol. The van der Waals surface area contributed by atoms with Crippen LogP contribution in [0.3, 0.4) is 0 Å². The van der Waals surface area contributed by atoms with Gasteiger partial charge in [-0.15, -0.1) is 0 Å². The first-order valence-electron chi connectivity index (χ1n) is 6.96. The highest BCUT2D eigenvalue weighted by molar-refractivity contribution is 5.42. The summed E-state index contributed by atoms with van der Waals surface area (Å²) in [5, 5.41) is 7.42. The van der Waals surface area contributed by atoms with Crippen LogP contribution in [0.4, 0.5) is 0 Å². The van der Waals surface area contributed by atoms with Crippen LogP contribution < -0.4 is 5.32 Å². The predicted octanol–water partition coefficient (Wildman–Crippen LogP) is 1.90. The number of hydrogen-bond donors (Lipinski definition) is 1. The van der Waals surface area contributed by atoms with Crippen molar-refractivity contribution in [3.05, 3.63) is 24.2 Å². The Bertz CT molecular complexity index is 541. The number of rotatable bonds is 4. The third-order valence-electron chi connectivity index (χ3n) is 4.13. The van der Waals surface area contributed by atoms with Gasteiger partial charge in [-0.25, -0.2) is 0 Å². The summed E-state index contributed by atoms with van der Waals surface area (Å²) in [5.74, 6) is 1.77. The number of aromatic nitrogens is 2. The van der Waals surface area contributed by atoms with Crippen molar-refractivity contribution in [3.8, 4) is 11.7 Å². The van der Waals surface area contributed by atoms with Crippen LogP contribution in [0.25, 0.3) is 11.7 Å². The van der Waals surface area contributed by atoms with Gasteiger partial charge in [0.15, 0.2) is 11.6 Å². The van der Waals surface area contributed by atoms with E-state index in [9.17, 15) is 0 Å². The second-order valence-corrected chi connectivity index (χ2v) is 5.58. The molecule has 1 aliphatic heterocycles. The highest BCUT2D eigenvalue weighted by atomic mass is 16.5. The van der Waals surface area contributed by atoms with Crippen LogP contribution in [0.2, 0.25) is 0 Å². The minimum Gasteiger partial charge on any atom is -0.459 e. The first-order chi connectivity index (χ1) is 9.68. The van der Waals surface area contributed by atoms with Crippen LogP contribution in [0.1, 0.15) is 25.6 Å². The highest BCUT2D eigenvalue weighted by Gasteiger charge is 2.28. The van der Waals surface area contributed by atoms with Crippen molar-refractivity contribution in [2.45, 2.75) is 31.8 Å². The van der Waals surface area contributed by atoms with E-state index >= 15 is 0 Å². The third kappa shape index (κ3) is 2.76. The molecule has 1 N–H and O–H groups in total. The van der Waals surface area contributed by atoms with E-state index in [4.69, 9.17) is 8.94 Å². The van der Waals surface area contributed by atoms with Crippen molar-refractivity contribution in [1.82, 2.24) is 20.4 Å². The second-order valence-electron chi connectivity index (χ2n) is 5.58. The molecule has 0 bridgehead atoms. The maximum Gasteiger partial charge on any atom is 0.293 e. The molecule has 0 unspecified atom stereocenters. The van der Waals surface area contributed by atoms with Crippen LogP contribution in [0.15, 0.2) is 27.3 Å². The lowest BCUT2D eigenvalue weighted by Gasteiger charge is -2.38. The predicted molar refractivity (Wildman–Crippen MR) is 74.0 cm³/mol. The molecule has 3 rings (SSSR count). The largest absolute Gasteiger partial charge is 0.459 e. The summed E-state index contributed by atoms with van der Waals surface area (Å²) in [6, 6.07) is 3.62. The lowest BCUT2D eigenvalue weighted by Crippen LogP contribution is -2.49. The zero-order valence-electron chi connectivity index (χ0n) is 11.9. The molecule has 6 nitrogen and oxygen atoms in total. The topological polar surface area (TPSA) is 67.3 Å². The van der Waals surface area contributed by atoms with E-state index in [1.807, 2.05) is 19.2 Å². The number of nitrogens with zero attached hydrogens (tertiary/aromatic N) is 3. The van der Waals surface area contributed by atoms with Gasteiger partial charge in [0.05, 0.1) is 12.8 Å². The van der Waals surface area contributed by atoms with E-state index in [0.717, 1.165) is 32.5 Å². The second kappa shape index (κ2) is 5.38. The van der Waals surface area contributed by atoms with Crippen molar-refractivity contribution in [3.63, 3.8) is 0 Å². The number of furan rings is 1. The van der Waals surface area contributed by atoms with Gasteiger partial charge in [0, 0.05) is 18.6 Å². The van der Waals surface area contributed by atoms with E-state index < -0.39 is 0 Å². The van der Waals surface area contributed by atoms with Crippen LogP contribution >= 0.6 is 0 Å². The standard InChI is InChI=1S/C14H20N4O2/c1-14(15-2)5-7-18(8-6-14)10-12-16-13(20-17-12)11-4-3-9-19-11/h3-4,9,15H,5-8,10H2,1-2H3. The Kier molecular flexibility index (Phi) is 3.58. The van der Waals surface area contributed by atoms with Gasteiger partial charge in [0.1, 0.15) is 0 Å². The molecule has 108 valence electrons. The zero-order chi connectivity index (χ0) is 14.0. The Labute approximate surface area is 118 Å². The molecule has 20 heavy (non-hydrogen) atoms. The molecule has 6 heteroatoms. The molecule has 0 radical (unpaired) electrons. The van der Waals surface area contributed by atoms with Crippen LogP contribution in [0.5, 0.6) is 0 Å². The Morgan fingerprint density at radius 1 is 1.40 bits per heavy atom. The van der Waals surface area contributed by atoms with Gasteiger partial charge in [-0.1, -0.05) is 5.16 Å². The number of nitrogens with one attached hydrogen (secondary N) is 1. The van der Waals surface area contributed by atoms with Crippen LogP contribution in [-0.2, 0) is 6.54 Å². The Morgan fingerprint density at radius 3 is 2.85 bits per heavy atom. The van der Waals surface area contributed by atoms with Gasteiger partial charge >= 0.3 is 0 Å². The maximum atomic E-state index is 5.25. The quantitative estimate of drug-likeness (QED) is 0.920. The molecule has 0 aliphatic carbocycles. The van der Waals surface area contributed by atoms with Crippen LogP contribution in [-0.4, -0.2) is 40.7 Å². The van der Waals surface area contributed by atoms with Gasteiger partial charge in [-0.05, 0) is 38.9 Å². The molecule has 1 saturated heterocycles. The molecule has 0 aromatic carbocycles. The Hall–Kier alpha value is -1.66. The van der Waals surface area contributed by atoms with E-state index in [-0.39, 0.29) is 5.54 Å². The van der Waals surface area contributed by atoms with Crippen molar-refractivity contribution in [2.24, 2.45) is 0 Å². The van der Waals surface area contributed by atoms with Gasteiger partial charge in [0.2, 0.25) is 0 Å². The summed E-state index contributed by atoms with van der Waals surface area (Å²) in [4.78, 5) is 6.73. The summed E-state index contributed by atoms with van der Waals surface area (Å²) in [6.45, 7) is 5.08. The number of likely N-dealkylation sites (tertiary alicyclic amines) is 1. The Balaban J connectivity index is 1.59. The minimum absolute atomic E-state index is 0.257. The molecule has 2 aromatic rings. The molecule has 0 spiro atoms. The van der Waals surface area contributed by atoms with E-state index in [1.165, 1.54) is 0 Å². The maximum absolute atomic E-state index is 5.25. The lowest BCUT2D eigenvalue weighted by molar-refractivity contribution is 0.142. The summed E-state index contributed by atoms with van der Waals surface area (Å²) in [7, 11) is 2.03. The number of hydrogen-bond acceptors (Lipinski definition) is 6. The van der Waals surface area contributed by atoms with E-state index in [0.29, 0.717) is 17.5 Å². The first kappa shape index (κ1) is 13.3. The zero-order valence-corrected chi connectivity index (χ0v) is 11.9. The molecule has 2 aromatic heterocycles. The molecule has 3 heterocycles. The van der Waals surface area contributed by atoms with Crippen molar-refractivity contribution >= 4 is 0 Å². The van der Waals surface area contributed by atoms with Gasteiger partial charge in [-0.3, -0.25) is 4.90 Å². The summed E-state index contributed by atoms with van der Waals surface area (Å²) < 4.78 is 10.5. The van der Waals surface area contributed by atoms with Crippen molar-refractivity contribution in [1.29, 1.82) is 0 Å². The molecular formula is C14H20N4O2. The fourth-order valence-corrected chi connectivity index (χ4v) is 2.47. The van der Waals surface area contributed by atoms with Gasteiger partial charge in [0.25, 0.3) is 5.89 Å². The SMILES string of the molecule is CNC1(C)CCN(Cc2noc(-c3ccco3)n2)CC1. The lowest BCUT2D eigenvalue weighted by atomic mass is 9.90. The fraction of sp³-hybridized carbons (Fsp3) is 0.571. The number of piperidine rings is 1. The Morgan fingerprint density at radius 2 is 2.20 bits per heavy atom. The third-order valence-corrected chi connectivity index (χ3v) is 4.13. The van der Waals surface area contributed by atoms with Crippen molar-refractivity contribution < 1.29 is 8.94 Å². The smallest absolute Gasteiger partial charge is 0.293 e. The average molecular weight is 276 g/mol. The summed E-state index contributed by atoms with van der Waals surface area (Å²) in [6.07, 6.45) is 3.86. The van der Waals surface area contributed by atoms with Crippen molar-refractivity contribution in [2.75, 3.05) is 20.1 Å². The molecule has 0 amide bonds. The van der Waals surface area contributed by atoms with E-state index in [1.54, 1.807) is 6.26 Å². The molecule has 0 saturated carbocycles. The van der Waals surface area contributed by atoms with Gasteiger partial charge in [-0.2, -0.15) is 4.98 Å². The van der Waals surface area contributed by atoms with Crippen LogP contribution in [0, 0.1) is 0 Å². The highest BCUT2D eigenvalue weighted by Crippen LogP contribution is 2.23. The summed E-state index contributed by atoms with van der Waals surface area (Å²) in [5.41, 5.74) is 0.257. The normalized spacial score (nSPS) is 19.3. The fourth-order valence-electron chi connectivity index (χ4n) is 2.47. The van der Waals surface area contributed by atoms with Gasteiger partial charge < -0.3 is 14.3 Å². The minimum atomic E-state index is 0.257. The van der Waals surface area contributed by atoms with E-state index in [2.05, 4.69) is 27.3 Å². The first-order valence-corrected chi connectivity index (χ1v) is 6.96.